The Balaban J connectivity index is 2.26. The van der Waals surface area contributed by atoms with Crippen molar-refractivity contribution in [3.8, 4) is 0 Å². The van der Waals surface area contributed by atoms with Crippen molar-refractivity contribution in [2.24, 2.45) is 4.99 Å². The number of rotatable bonds is 2. The average molecular weight is 127 g/mol. The highest BCUT2D eigenvalue weighted by Crippen LogP contribution is 1.98. The SMILES string of the molecule is OC=CCC1=NCCO1. The highest BCUT2D eigenvalue weighted by molar-refractivity contribution is 5.78. The van der Waals surface area contributed by atoms with Crippen LogP contribution in [0.1, 0.15) is 6.42 Å². The molecule has 0 fully saturated rings. The number of nitrogens with zero attached hydrogens (tertiary/aromatic N) is 1. The standard InChI is InChI=1S/C6H9NO2/c8-4-1-2-6-7-3-5-9-6/h1,4,8H,2-3,5H2. The second kappa shape index (κ2) is 3.12. The molecule has 1 heterocycles. The van der Waals surface area contributed by atoms with E-state index in [1.165, 1.54) is 0 Å². The normalized spacial score (nSPS) is 18.0. The Bertz CT molecular complexity index is 140. The first-order valence-electron chi connectivity index (χ1n) is 2.89. The summed E-state index contributed by atoms with van der Waals surface area (Å²) in [6, 6.07) is 0. The fraction of sp³-hybridized carbons (Fsp3) is 0.500. The molecule has 0 aromatic rings. The summed E-state index contributed by atoms with van der Waals surface area (Å²) in [5.74, 6) is 0.723. The molecule has 1 aliphatic heterocycles. The summed E-state index contributed by atoms with van der Waals surface area (Å²) in [6.07, 6.45) is 3.21. The van der Waals surface area contributed by atoms with Gasteiger partial charge in [-0.05, 0) is 6.08 Å². The monoisotopic (exact) mass is 127 g/mol. The Morgan fingerprint density at radius 1 is 1.78 bits per heavy atom. The molecule has 50 valence electrons. The fourth-order valence-electron chi connectivity index (χ4n) is 0.656. The highest BCUT2D eigenvalue weighted by atomic mass is 16.5. The molecule has 0 atom stereocenters. The quantitative estimate of drug-likeness (QED) is 0.559. The number of aliphatic hydroxyl groups is 1. The first-order chi connectivity index (χ1) is 4.43. The predicted octanol–water partition coefficient (Wildman–Crippen LogP) is 0.877. The van der Waals surface area contributed by atoms with Crippen LogP contribution in [0.25, 0.3) is 0 Å². The van der Waals surface area contributed by atoms with Gasteiger partial charge < -0.3 is 9.84 Å². The molecule has 1 rings (SSSR count). The van der Waals surface area contributed by atoms with E-state index in [0.29, 0.717) is 13.0 Å². The van der Waals surface area contributed by atoms with Gasteiger partial charge in [0.15, 0.2) is 5.90 Å². The maximum Gasteiger partial charge on any atom is 0.187 e. The van der Waals surface area contributed by atoms with Gasteiger partial charge in [-0.1, -0.05) is 0 Å². The third-order valence-electron chi connectivity index (χ3n) is 1.05. The Labute approximate surface area is 53.7 Å². The lowest BCUT2D eigenvalue weighted by molar-refractivity contribution is 0.341. The molecule has 0 aromatic heterocycles. The Morgan fingerprint density at radius 3 is 3.22 bits per heavy atom. The number of aliphatic imine (C=N–C) groups is 1. The third kappa shape index (κ3) is 1.76. The van der Waals surface area contributed by atoms with E-state index in [1.54, 1.807) is 6.08 Å². The van der Waals surface area contributed by atoms with Gasteiger partial charge in [0.05, 0.1) is 12.8 Å². The average Bonchev–Trinajstić information content (AvgIpc) is 2.34. The third-order valence-corrected chi connectivity index (χ3v) is 1.05. The summed E-state index contributed by atoms with van der Waals surface area (Å²) in [5.41, 5.74) is 0. The zero-order chi connectivity index (χ0) is 6.53. The van der Waals surface area contributed by atoms with Crippen molar-refractivity contribution in [3.05, 3.63) is 12.3 Å². The summed E-state index contributed by atoms with van der Waals surface area (Å²) in [7, 11) is 0. The van der Waals surface area contributed by atoms with Gasteiger partial charge in [0.2, 0.25) is 0 Å². The van der Waals surface area contributed by atoms with Gasteiger partial charge in [0.1, 0.15) is 6.61 Å². The molecule has 3 nitrogen and oxygen atoms in total. The zero-order valence-corrected chi connectivity index (χ0v) is 5.08. The lowest BCUT2D eigenvalue weighted by atomic mass is 10.4. The van der Waals surface area contributed by atoms with E-state index in [-0.39, 0.29) is 0 Å². The van der Waals surface area contributed by atoms with Crippen molar-refractivity contribution in [3.63, 3.8) is 0 Å². The second-order valence-electron chi connectivity index (χ2n) is 1.71. The van der Waals surface area contributed by atoms with Crippen LogP contribution in [0.4, 0.5) is 0 Å². The van der Waals surface area contributed by atoms with E-state index >= 15 is 0 Å². The van der Waals surface area contributed by atoms with Crippen molar-refractivity contribution < 1.29 is 9.84 Å². The number of hydrogen-bond acceptors (Lipinski definition) is 3. The predicted molar refractivity (Wildman–Crippen MR) is 34.6 cm³/mol. The maximum atomic E-state index is 8.24. The van der Waals surface area contributed by atoms with Gasteiger partial charge in [-0.25, -0.2) is 0 Å². The molecule has 0 bridgehead atoms. The minimum absolute atomic E-state index is 0.608. The lowest BCUT2D eigenvalue weighted by Crippen LogP contribution is -1.95. The van der Waals surface area contributed by atoms with Crippen LogP contribution in [0.3, 0.4) is 0 Å². The van der Waals surface area contributed by atoms with Crippen molar-refractivity contribution in [1.82, 2.24) is 0 Å². The van der Waals surface area contributed by atoms with Crippen LogP contribution >= 0.6 is 0 Å². The molecule has 0 amide bonds. The summed E-state index contributed by atoms with van der Waals surface area (Å²) in [6.45, 7) is 1.45. The Hall–Kier alpha value is -0.990. The van der Waals surface area contributed by atoms with Gasteiger partial charge in [-0.15, -0.1) is 0 Å². The summed E-state index contributed by atoms with van der Waals surface area (Å²) >= 11 is 0. The zero-order valence-electron chi connectivity index (χ0n) is 5.08. The highest BCUT2D eigenvalue weighted by Gasteiger charge is 2.02. The summed E-state index contributed by atoms with van der Waals surface area (Å²) in [5, 5.41) is 8.24. The molecule has 0 saturated carbocycles. The van der Waals surface area contributed by atoms with Crippen LogP contribution in [0.15, 0.2) is 17.3 Å². The van der Waals surface area contributed by atoms with Crippen molar-refractivity contribution >= 4 is 5.90 Å². The minimum Gasteiger partial charge on any atom is -0.516 e. The van der Waals surface area contributed by atoms with Gasteiger partial charge in [-0.2, -0.15) is 0 Å². The maximum absolute atomic E-state index is 8.24. The summed E-state index contributed by atoms with van der Waals surface area (Å²) < 4.78 is 5.04. The number of ether oxygens (including phenoxy) is 1. The molecular formula is C6H9NO2. The fourth-order valence-corrected chi connectivity index (χ4v) is 0.656. The van der Waals surface area contributed by atoms with E-state index in [2.05, 4.69) is 4.99 Å². The molecule has 1 N–H and O–H groups in total. The number of aliphatic hydroxyl groups excluding tert-OH is 1. The van der Waals surface area contributed by atoms with E-state index in [4.69, 9.17) is 9.84 Å². The van der Waals surface area contributed by atoms with Gasteiger partial charge in [-0.3, -0.25) is 4.99 Å². The minimum atomic E-state index is 0.608. The van der Waals surface area contributed by atoms with Crippen LogP contribution in [0.5, 0.6) is 0 Å². The first-order valence-corrected chi connectivity index (χ1v) is 2.89. The second-order valence-corrected chi connectivity index (χ2v) is 1.71. The van der Waals surface area contributed by atoms with Crippen molar-refractivity contribution in [2.45, 2.75) is 6.42 Å². The van der Waals surface area contributed by atoms with E-state index < -0.39 is 0 Å². The molecule has 9 heavy (non-hydrogen) atoms. The van der Waals surface area contributed by atoms with Crippen LogP contribution < -0.4 is 0 Å². The molecule has 0 saturated heterocycles. The molecule has 0 radical (unpaired) electrons. The largest absolute Gasteiger partial charge is 0.516 e. The van der Waals surface area contributed by atoms with E-state index in [1.807, 2.05) is 0 Å². The molecule has 0 spiro atoms. The smallest absolute Gasteiger partial charge is 0.187 e. The molecular weight excluding hydrogens is 118 g/mol. The molecule has 0 aliphatic carbocycles. The number of hydrogen-bond donors (Lipinski definition) is 1. The van der Waals surface area contributed by atoms with Crippen LogP contribution in [0, 0.1) is 0 Å². The summed E-state index contributed by atoms with van der Waals surface area (Å²) in [4.78, 5) is 4.01. The topological polar surface area (TPSA) is 41.8 Å². The van der Waals surface area contributed by atoms with Crippen molar-refractivity contribution in [1.29, 1.82) is 0 Å². The van der Waals surface area contributed by atoms with E-state index in [9.17, 15) is 0 Å². The van der Waals surface area contributed by atoms with Crippen LogP contribution in [0.2, 0.25) is 0 Å². The van der Waals surface area contributed by atoms with Crippen LogP contribution in [-0.2, 0) is 4.74 Å². The molecule has 3 heteroatoms. The lowest BCUT2D eigenvalue weighted by Gasteiger charge is -1.93. The van der Waals surface area contributed by atoms with Crippen LogP contribution in [-0.4, -0.2) is 24.2 Å². The molecule has 0 aromatic carbocycles. The van der Waals surface area contributed by atoms with Crippen molar-refractivity contribution in [2.75, 3.05) is 13.2 Å². The molecule has 1 aliphatic rings. The van der Waals surface area contributed by atoms with Gasteiger partial charge in [0.25, 0.3) is 0 Å². The van der Waals surface area contributed by atoms with Gasteiger partial charge in [0, 0.05) is 6.42 Å². The first kappa shape index (κ1) is 6.13. The Kier molecular flexibility index (Phi) is 2.13. The molecule has 0 unspecified atom stereocenters. The Morgan fingerprint density at radius 2 is 2.67 bits per heavy atom. The van der Waals surface area contributed by atoms with Gasteiger partial charge >= 0.3 is 0 Å². The van der Waals surface area contributed by atoms with E-state index in [0.717, 1.165) is 18.7 Å².